The van der Waals surface area contributed by atoms with Gasteiger partial charge in [0.05, 0.1) is 12.5 Å². The van der Waals surface area contributed by atoms with Gasteiger partial charge in [0.2, 0.25) is 11.8 Å². The van der Waals surface area contributed by atoms with Gasteiger partial charge in [-0.25, -0.2) is 18.0 Å². The van der Waals surface area contributed by atoms with E-state index in [9.17, 15) is 35.9 Å². The van der Waals surface area contributed by atoms with Crippen molar-refractivity contribution in [1.29, 1.82) is 0 Å². The minimum Gasteiger partial charge on any atom is -0.475 e. The molecule has 0 bridgehead atoms. The zero-order valence-electron chi connectivity index (χ0n) is 19.8. The van der Waals surface area contributed by atoms with Crippen molar-refractivity contribution in [2.75, 3.05) is 27.2 Å². The number of hydrogen-bond acceptors (Lipinski definition) is 4. The number of halogens is 6. The smallest absolute Gasteiger partial charge is 0.475 e. The molecule has 0 aliphatic carbocycles. The molecule has 7 nitrogen and oxygen atoms in total. The van der Waals surface area contributed by atoms with E-state index in [0.717, 1.165) is 18.2 Å². The van der Waals surface area contributed by atoms with Crippen molar-refractivity contribution in [3.63, 3.8) is 0 Å². The van der Waals surface area contributed by atoms with Crippen molar-refractivity contribution in [2.45, 2.75) is 30.7 Å². The van der Waals surface area contributed by atoms with Crippen LogP contribution in [0, 0.1) is 11.6 Å². The van der Waals surface area contributed by atoms with Crippen molar-refractivity contribution in [1.82, 2.24) is 9.80 Å². The van der Waals surface area contributed by atoms with Crippen LogP contribution >= 0.6 is 0 Å². The number of rotatable bonds is 5. The molecule has 0 radical (unpaired) electrons. The second-order valence-electron chi connectivity index (χ2n) is 8.46. The highest BCUT2D eigenvalue weighted by atomic mass is 19.4. The first-order valence-corrected chi connectivity index (χ1v) is 10.9. The molecule has 2 amide bonds. The molecule has 1 aliphatic heterocycles. The first-order valence-electron chi connectivity index (χ1n) is 10.9. The van der Waals surface area contributed by atoms with Crippen LogP contribution in [-0.2, 0) is 14.4 Å². The molecule has 1 heterocycles. The Morgan fingerprint density at radius 3 is 2.11 bits per heavy atom. The Bertz CT molecular complexity index is 1120. The van der Waals surface area contributed by atoms with Crippen LogP contribution < -0.4 is 5.73 Å². The number of hydrogen-bond donors (Lipinski definition) is 2. The van der Waals surface area contributed by atoms with Gasteiger partial charge in [-0.05, 0) is 35.7 Å². The number of carboxylic acid groups (broad SMARTS) is 1. The molecule has 1 aliphatic rings. The highest BCUT2D eigenvalue weighted by Crippen LogP contribution is 2.29. The third kappa shape index (κ3) is 7.68. The van der Waals surface area contributed by atoms with Crippen LogP contribution in [0.4, 0.5) is 26.3 Å². The van der Waals surface area contributed by atoms with Crippen molar-refractivity contribution < 1.29 is 45.8 Å². The maximum atomic E-state index is 14.1. The molecule has 1 fully saturated rings. The summed E-state index contributed by atoms with van der Waals surface area (Å²) in [6.45, 7) is 0.224. The lowest BCUT2D eigenvalue weighted by Crippen LogP contribution is -2.50. The maximum Gasteiger partial charge on any atom is 0.490 e. The van der Waals surface area contributed by atoms with Crippen LogP contribution in [-0.4, -0.2) is 78.3 Å². The molecule has 202 valence electrons. The van der Waals surface area contributed by atoms with Gasteiger partial charge in [-0.15, -0.1) is 0 Å². The van der Waals surface area contributed by atoms with Gasteiger partial charge < -0.3 is 20.6 Å². The third-order valence-corrected chi connectivity index (χ3v) is 5.55. The van der Waals surface area contributed by atoms with E-state index < -0.39 is 47.8 Å². The van der Waals surface area contributed by atoms with Gasteiger partial charge in [-0.1, -0.05) is 24.3 Å². The van der Waals surface area contributed by atoms with Gasteiger partial charge in [0.25, 0.3) is 0 Å². The largest absolute Gasteiger partial charge is 0.490 e. The number of carbonyl (C=O) groups is 3. The molecule has 2 aromatic carbocycles. The number of nitrogens with zero attached hydrogens (tertiary/aromatic N) is 2. The van der Waals surface area contributed by atoms with Gasteiger partial charge in [0.15, 0.2) is 0 Å². The molecule has 3 N–H and O–H groups in total. The van der Waals surface area contributed by atoms with E-state index in [1.165, 1.54) is 9.80 Å². The molecule has 0 saturated carbocycles. The van der Waals surface area contributed by atoms with E-state index in [-0.39, 0.29) is 31.0 Å². The summed E-state index contributed by atoms with van der Waals surface area (Å²) in [5, 5.41) is 7.12. The van der Waals surface area contributed by atoms with Gasteiger partial charge in [-0.3, -0.25) is 9.59 Å². The monoisotopic (exact) mass is 533 g/mol. The topological polar surface area (TPSA) is 104 Å². The van der Waals surface area contributed by atoms with Crippen LogP contribution in [0.3, 0.4) is 0 Å². The number of likely N-dealkylation sites (tertiary alicyclic amines) is 1. The number of alkyl halides is 4. The zero-order chi connectivity index (χ0) is 28.1. The van der Waals surface area contributed by atoms with Crippen molar-refractivity contribution in [2.24, 2.45) is 5.73 Å². The van der Waals surface area contributed by atoms with Crippen LogP contribution in [0.5, 0.6) is 0 Å². The molecule has 0 spiro atoms. The fourth-order valence-electron chi connectivity index (χ4n) is 3.64. The molecule has 1 saturated heterocycles. The lowest BCUT2D eigenvalue weighted by molar-refractivity contribution is -0.192. The highest BCUT2D eigenvalue weighted by molar-refractivity contribution is 5.93. The summed E-state index contributed by atoms with van der Waals surface area (Å²) in [6.07, 6.45) is -5.93. The molecular weight excluding hydrogens is 508 g/mol. The Kier molecular flexibility index (Phi) is 9.67. The van der Waals surface area contributed by atoms with Gasteiger partial charge in [0.1, 0.15) is 23.8 Å². The van der Waals surface area contributed by atoms with Gasteiger partial charge in [-0.2, -0.15) is 13.2 Å². The van der Waals surface area contributed by atoms with E-state index in [2.05, 4.69) is 0 Å². The summed E-state index contributed by atoms with van der Waals surface area (Å²) in [7, 11) is 3.10. The van der Waals surface area contributed by atoms with Crippen molar-refractivity contribution >= 4 is 17.8 Å². The van der Waals surface area contributed by atoms with E-state index in [0.29, 0.717) is 11.1 Å². The first-order chi connectivity index (χ1) is 17.1. The highest BCUT2D eigenvalue weighted by Gasteiger charge is 2.39. The van der Waals surface area contributed by atoms with Gasteiger partial charge >= 0.3 is 12.1 Å². The SMILES string of the molecule is CN(C)C(=O)[C@@H](c1ccc(-c2cc(F)ccc2F)cc1)[C@H](N)C(=O)N1CC[C@H](F)C1.O=C(O)C(F)(F)F. The summed E-state index contributed by atoms with van der Waals surface area (Å²) in [5.41, 5.74) is 7.15. The van der Waals surface area contributed by atoms with Crippen LogP contribution in [0.2, 0.25) is 0 Å². The summed E-state index contributed by atoms with van der Waals surface area (Å²) in [5.74, 6) is -5.76. The number of likely N-dealkylation sites (N-methyl/N-ethyl adjacent to an activating group) is 1. The van der Waals surface area contributed by atoms with Crippen molar-refractivity contribution in [3.05, 3.63) is 59.7 Å². The Morgan fingerprint density at radius 2 is 1.65 bits per heavy atom. The fourth-order valence-corrected chi connectivity index (χ4v) is 3.64. The standard InChI is InChI=1S/C22H24F3N3O2.C2HF3O2/c1-27(2)21(29)19(20(26)22(30)28-10-9-16(24)12-28)14-5-3-13(4-6-14)17-11-15(23)7-8-18(17)25;3-2(4,5)1(6)7/h3-8,11,16,19-20H,9-10,12,26H2,1-2H3;(H,6,7)/t16-,19-,20-;/m0./s1. The fraction of sp³-hybridized carbons (Fsp3) is 0.375. The molecule has 37 heavy (non-hydrogen) atoms. The summed E-state index contributed by atoms with van der Waals surface area (Å²) >= 11 is 0. The van der Waals surface area contributed by atoms with E-state index in [4.69, 9.17) is 15.6 Å². The first kappa shape index (κ1) is 29.6. The Labute approximate surface area is 208 Å². The Hall–Kier alpha value is -3.61. The van der Waals surface area contributed by atoms with Crippen LogP contribution in [0.15, 0.2) is 42.5 Å². The lowest BCUT2D eigenvalue weighted by atomic mass is 9.88. The summed E-state index contributed by atoms with van der Waals surface area (Å²) in [4.78, 5) is 37.2. The van der Waals surface area contributed by atoms with Crippen molar-refractivity contribution in [3.8, 4) is 11.1 Å². The van der Waals surface area contributed by atoms with E-state index in [1.54, 1.807) is 38.4 Å². The van der Waals surface area contributed by atoms with E-state index in [1.807, 2.05) is 0 Å². The molecule has 3 atom stereocenters. The predicted molar refractivity (Wildman–Crippen MR) is 121 cm³/mol. The van der Waals surface area contributed by atoms with Crippen LogP contribution in [0.1, 0.15) is 17.9 Å². The summed E-state index contributed by atoms with van der Waals surface area (Å²) < 4.78 is 72.8. The third-order valence-electron chi connectivity index (χ3n) is 5.55. The number of nitrogens with two attached hydrogens (primary N) is 1. The average molecular weight is 533 g/mol. The minimum absolute atomic E-state index is 0.0345. The minimum atomic E-state index is -5.08. The second kappa shape index (κ2) is 12.1. The quantitative estimate of drug-likeness (QED) is 0.574. The maximum absolute atomic E-state index is 14.1. The zero-order valence-corrected chi connectivity index (χ0v) is 19.8. The van der Waals surface area contributed by atoms with Crippen LogP contribution in [0.25, 0.3) is 11.1 Å². The number of aliphatic carboxylic acids is 1. The lowest BCUT2D eigenvalue weighted by Gasteiger charge is -2.28. The van der Waals surface area contributed by atoms with E-state index >= 15 is 0 Å². The average Bonchev–Trinajstić information content (AvgIpc) is 3.26. The Morgan fingerprint density at radius 1 is 1.08 bits per heavy atom. The number of carbonyl (C=O) groups excluding carboxylic acids is 2. The number of carboxylic acids is 1. The normalized spacial score (nSPS) is 16.9. The second-order valence-corrected chi connectivity index (χ2v) is 8.46. The molecule has 0 aromatic heterocycles. The molecule has 3 rings (SSSR count). The van der Waals surface area contributed by atoms with Gasteiger partial charge in [0, 0.05) is 26.2 Å². The molecule has 0 unspecified atom stereocenters. The molecule has 2 aromatic rings. The number of amides is 2. The predicted octanol–water partition coefficient (Wildman–Crippen LogP) is 3.33. The summed E-state index contributed by atoms with van der Waals surface area (Å²) in [6, 6.07) is 8.21. The number of benzene rings is 2. The molecular formula is C24H25F6N3O4. The molecule has 13 heteroatoms. The Balaban J connectivity index is 0.000000604.